The number of nitrogens with one attached hydrogen (secondary N) is 2. The molecule has 0 unspecified atom stereocenters. The zero-order chi connectivity index (χ0) is 20.5. The number of hydrogen-bond acceptors (Lipinski definition) is 4. The van der Waals surface area contributed by atoms with Gasteiger partial charge in [-0.2, -0.15) is 0 Å². The van der Waals surface area contributed by atoms with E-state index in [1.165, 1.54) is 10.5 Å². The van der Waals surface area contributed by atoms with Crippen molar-refractivity contribution in [2.45, 2.75) is 29.7 Å². The molecule has 0 aromatic heterocycles. The number of benzene rings is 3. The number of para-hydroxylation sites is 2. The van der Waals surface area contributed by atoms with Gasteiger partial charge in [-0.3, -0.25) is 4.79 Å². The smallest absolute Gasteiger partial charge is 0.163 e. The van der Waals surface area contributed by atoms with Gasteiger partial charge in [-0.25, -0.2) is 0 Å². The van der Waals surface area contributed by atoms with E-state index in [1.807, 2.05) is 18.2 Å². The quantitative estimate of drug-likeness (QED) is 0.489. The number of carbonyl (C=O) groups excluding carboxylic acids is 1. The van der Waals surface area contributed by atoms with Crippen LogP contribution < -0.4 is 10.6 Å². The van der Waals surface area contributed by atoms with Gasteiger partial charge in [0.05, 0.1) is 17.4 Å². The summed E-state index contributed by atoms with van der Waals surface area (Å²) in [5.74, 6) is 0.423. The fraction of sp³-hybridized carbons (Fsp3) is 0.192. The van der Waals surface area contributed by atoms with E-state index in [9.17, 15) is 4.79 Å². The molecular weight excluding hydrogens is 388 g/mol. The summed E-state index contributed by atoms with van der Waals surface area (Å²) in [5, 5.41) is 7.26. The summed E-state index contributed by atoms with van der Waals surface area (Å²) in [7, 11) is 0. The van der Waals surface area contributed by atoms with Crippen LogP contribution in [-0.2, 0) is 4.79 Å². The number of anilines is 2. The molecule has 0 saturated carbocycles. The molecule has 0 amide bonds. The summed E-state index contributed by atoms with van der Waals surface area (Å²) in [6, 6.07) is 27.0. The maximum absolute atomic E-state index is 13.5. The molecule has 3 nitrogen and oxygen atoms in total. The van der Waals surface area contributed by atoms with Crippen molar-refractivity contribution < 1.29 is 4.79 Å². The van der Waals surface area contributed by atoms with Crippen LogP contribution >= 0.6 is 11.8 Å². The van der Waals surface area contributed by atoms with Crippen molar-refractivity contribution >= 4 is 28.9 Å². The van der Waals surface area contributed by atoms with Crippen LogP contribution in [0.25, 0.3) is 0 Å². The van der Waals surface area contributed by atoms with Crippen molar-refractivity contribution in [3.63, 3.8) is 0 Å². The molecule has 2 aliphatic rings. The van der Waals surface area contributed by atoms with Gasteiger partial charge >= 0.3 is 0 Å². The minimum atomic E-state index is -0.156. The second-order valence-corrected chi connectivity index (χ2v) is 8.73. The molecule has 0 radical (unpaired) electrons. The Bertz CT molecular complexity index is 1110. The molecule has 2 N–H and O–H groups in total. The van der Waals surface area contributed by atoms with Gasteiger partial charge in [-0.05, 0) is 54.0 Å². The van der Waals surface area contributed by atoms with E-state index >= 15 is 0 Å². The third-order valence-corrected chi connectivity index (χ3v) is 6.77. The third-order valence-electron chi connectivity index (χ3n) is 6.03. The van der Waals surface area contributed by atoms with Gasteiger partial charge in [0.2, 0.25) is 0 Å². The second kappa shape index (κ2) is 8.04. The zero-order valence-electron chi connectivity index (χ0n) is 16.9. The van der Waals surface area contributed by atoms with Crippen molar-refractivity contribution in [3.8, 4) is 0 Å². The average Bonchev–Trinajstić information content (AvgIpc) is 2.96. The Morgan fingerprint density at radius 3 is 2.23 bits per heavy atom. The van der Waals surface area contributed by atoms with Gasteiger partial charge in [0.15, 0.2) is 5.78 Å². The first-order valence-electron chi connectivity index (χ1n) is 10.3. The molecule has 1 aliphatic carbocycles. The van der Waals surface area contributed by atoms with E-state index in [4.69, 9.17) is 0 Å². The molecule has 1 heterocycles. The molecule has 1 aliphatic heterocycles. The summed E-state index contributed by atoms with van der Waals surface area (Å²) in [6.07, 6.45) is 3.45. The number of allylic oxidation sites excluding steroid dienone is 1. The third kappa shape index (κ3) is 3.52. The molecule has 30 heavy (non-hydrogen) atoms. The summed E-state index contributed by atoms with van der Waals surface area (Å²) >= 11 is 1.73. The highest BCUT2D eigenvalue weighted by Gasteiger charge is 2.35. The Kier molecular flexibility index (Phi) is 5.09. The highest BCUT2D eigenvalue weighted by atomic mass is 32.2. The first-order chi connectivity index (χ1) is 14.7. The van der Waals surface area contributed by atoms with E-state index < -0.39 is 0 Å². The Balaban J connectivity index is 1.60. The first-order valence-corrected chi connectivity index (χ1v) is 11.5. The topological polar surface area (TPSA) is 41.1 Å². The number of thioether (sulfide) groups is 1. The molecule has 3 aromatic carbocycles. The first kappa shape index (κ1) is 19.0. The van der Waals surface area contributed by atoms with Gasteiger partial charge in [0.1, 0.15) is 0 Å². The maximum atomic E-state index is 13.5. The monoisotopic (exact) mass is 412 g/mol. The lowest BCUT2D eigenvalue weighted by molar-refractivity contribution is -0.116. The van der Waals surface area contributed by atoms with Crippen LogP contribution in [0, 0.1) is 0 Å². The maximum Gasteiger partial charge on any atom is 0.163 e. The minimum absolute atomic E-state index is 0.156. The predicted octanol–water partition coefficient (Wildman–Crippen LogP) is 6.39. The van der Waals surface area contributed by atoms with Gasteiger partial charge in [-0.1, -0.05) is 54.6 Å². The van der Waals surface area contributed by atoms with Gasteiger partial charge < -0.3 is 10.6 Å². The van der Waals surface area contributed by atoms with Crippen LogP contribution in [-0.4, -0.2) is 12.0 Å². The summed E-state index contributed by atoms with van der Waals surface area (Å²) in [5.41, 5.74) is 6.30. The van der Waals surface area contributed by atoms with E-state index in [0.29, 0.717) is 6.42 Å². The zero-order valence-corrected chi connectivity index (χ0v) is 17.7. The van der Waals surface area contributed by atoms with Crippen molar-refractivity contribution in [2.24, 2.45) is 0 Å². The second-order valence-electron chi connectivity index (χ2n) is 7.85. The number of carbonyl (C=O) groups is 1. The summed E-state index contributed by atoms with van der Waals surface area (Å²) < 4.78 is 0. The largest absolute Gasteiger partial charge is 0.372 e. The number of Topliss-reactive ketones (excluding diaryl/α,β-unsaturated/α-hetero) is 1. The van der Waals surface area contributed by atoms with Crippen LogP contribution in [0.1, 0.15) is 35.9 Å². The lowest BCUT2D eigenvalue weighted by Gasteiger charge is -2.30. The Morgan fingerprint density at radius 2 is 1.50 bits per heavy atom. The van der Waals surface area contributed by atoms with Crippen LogP contribution in [0.15, 0.2) is 95.0 Å². The molecule has 0 spiro atoms. The molecule has 3 aromatic rings. The standard InChI is InChI=1S/C26H24N2OS/c1-30-20-13-11-18(12-14-20)26-25-23(27-21-9-5-6-10-22(21)28-26)15-19(16-24(25)29)17-7-3-2-4-8-17/h2-14,19,26-28H,15-16H2,1H3/t19-,26-/m1/s1. The van der Waals surface area contributed by atoms with Crippen molar-refractivity contribution in [2.75, 3.05) is 16.9 Å². The summed E-state index contributed by atoms with van der Waals surface area (Å²) in [6.45, 7) is 0. The molecule has 0 bridgehead atoms. The van der Waals surface area contributed by atoms with Gasteiger partial charge in [-0.15, -0.1) is 11.8 Å². The van der Waals surface area contributed by atoms with E-state index in [-0.39, 0.29) is 17.7 Å². The Morgan fingerprint density at radius 1 is 0.800 bits per heavy atom. The molecular formula is C26H24N2OS. The summed E-state index contributed by atoms with van der Waals surface area (Å²) in [4.78, 5) is 14.7. The fourth-order valence-electron chi connectivity index (χ4n) is 4.50. The Hall–Kier alpha value is -2.98. The van der Waals surface area contributed by atoms with Crippen LogP contribution in [0.2, 0.25) is 0 Å². The number of rotatable bonds is 3. The molecule has 5 rings (SSSR count). The molecule has 4 heteroatoms. The van der Waals surface area contributed by atoms with Crippen molar-refractivity contribution in [1.82, 2.24) is 0 Å². The van der Waals surface area contributed by atoms with E-state index in [1.54, 1.807) is 11.8 Å². The molecule has 150 valence electrons. The lowest BCUT2D eigenvalue weighted by atomic mass is 9.78. The van der Waals surface area contributed by atoms with Gasteiger partial charge in [0.25, 0.3) is 0 Å². The predicted molar refractivity (Wildman–Crippen MR) is 125 cm³/mol. The number of ketones is 1. The van der Waals surface area contributed by atoms with Crippen LogP contribution in [0.3, 0.4) is 0 Å². The Labute approximate surface area is 181 Å². The fourth-order valence-corrected chi connectivity index (χ4v) is 4.91. The van der Waals surface area contributed by atoms with Crippen LogP contribution in [0.5, 0.6) is 0 Å². The highest BCUT2D eigenvalue weighted by molar-refractivity contribution is 7.98. The minimum Gasteiger partial charge on any atom is -0.372 e. The van der Waals surface area contributed by atoms with Crippen molar-refractivity contribution in [3.05, 3.63) is 101 Å². The number of hydrogen-bond donors (Lipinski definition) is 2. The number of fused-ring (bicyclic) bond motifs is 1. The average molecular weight is 413 g/mol. The van der Waals surface area contributed by atoms with Crippen LogP contribution in [0.4, 0.5) is 11.4 Å². The van der Waals surface area contributed by atoms with Crippen molar-refractivity contribution in [1.29, 1.82) is 0 Å². The molecule has 0 saturated heterocycles. The molecule has 0 fully saturated rings. The van der Waals surface area contributed by atoms with Gasteiger partial charge in [0, 0.05) is 22.6 Å². The lowest BCUT2D eigenvalue weighted by Crippen LogP contribution is -2.26. The SMILES string of the molecule is CSc1ccc([C@H]2Nc3ccccc3NC3=C2C(=O)C[C@H](c2ccccc2)C3)cc1. The normalized spacial score (nSPS) is 20.5. The van der Waals surface area contributed by atoms with E-state index in [0.717, 1.165) is 34.6 Å². The van der Waals surface area contributed by atoms with E-state index in [2.05, 4.69) is 77.6 Å². The highest BCUT2D eigenvalue weighted by Crippen LogP contribution is 2.44. The molecule has 2 atom stereocenters.